The Morgan fingerprint density at radius 1 is 1.00 bits per heavy atom. The second-order valence-electron chi connectivity index (χ2n) is 4.96. The van der Waals surface area contributed by atoms with Crippen LogP contribution in [-0.2, 0) is 4.74 Å². The minimum Gasteiger partial charge on any atom is -0.493 e. The Balaban J connectivity index is 2.17. The molecule has 0 aromatic heterocycles. The number of carbonyl (C=O) groups excluding carboxylic acids is 2. The average Bonchev–Trinajstić information content (AvgIpc) is 2.60. The van der Waals surface area contributed by atoms with E-state index in [-0.39, 0.29) is 16.9 Å². The van der Waals surface area contributed by atoms with E-state index in [2.05, 4.69) is 0 Å². The van der Waals surface area contributed by atoms with Gasteiger partial charge in [-0.25, -0.2) is 9.18 Å². The van der Waals surface area contributed by atoms with Gasteiger partial charge in [0, 0.05) is 5.56 Å². The predicted molar refractivity (Wildman–Crippen MR) is 85.2 cm³/mol. The lowest BCUT2D eigenvalue weighted by Gasteiger charge is -2.15. The van der Waals surface area contributed by atoms with Gasteiger partial charge in [0.15, 0.2) is 17.6 Å². The summed E-state index contributed by atoms with van der Waals surface area (Å²) < 4.78 is 28.4. The van der Waals surface area contributed by atoms with Crippen LogP contribution in [-0.4, -0.2) is 32.1 Å². The Kier molecular flexibility index (Phi) is 5.52. The summed E-state index contributed by atoms with van der Waals surface area (Å²) in [6.07, 6.45) is -1.03. The number of carbonyl (C=O) groups is 2. The summed E-state index contributed by atoms with van der Waals surface area (Å²) in [5.41, 5.74) is 0.407. The first-order valence-electron chi connectivity index (χ1n) is 7.19. The molecule has 0 bridgehead atoms. The van der Waals surface area contributed by atoms with Crippen LogP contribution in [0.15, 0.2) is 42.5 Å². The van der Waals surface area contributed by atoms with Crippen molar-refractivity contribution in [2.24, 2.45) is 0 Å². The summed E-state index contributed by atoms with van der Waals surface area (Å²) in [7, 11) is 2.86. The molecule has 0 heterocycles. The van der Waals surface area contributed by atoms with Crippen molar-refractivity contribution in [2.75, 3.05) is 14.2 Å². The quantitative estimate of drug-likeness (QED) is 0.600. The molecule has 24 heavy (non-hydrogen) atoms. The number of rotatable bonds is 6. The highest BCUT2D eigenvalue weighted by atomic mass is 19.1. The van der Waals surface area contributed by atoms with Gasteiger partial charge in [0.1, 0.15) is 11.4 Å². The number of ketones is 1. The zero-order valence-corrected chi connectivity index (χ0v) is 13.5. The lowest BCUT2D eigenvalue weighted by atomic mass is 10.1. The number of esters is 1. The van der Waals surface area contributed by atoms with Crippen LogP contribution in [0.25, 0.3) is 0 Å². The SMILES string of the molecule is COc1cccc(C(=O)O[C@@H](C)C(=O)c2ccc(F)cc2)c1OC. The van der Waals surface area contributed by atoms with Crippen LogP contribution in [0.1, 0.15) is 27.6 Å². The normalized spacial score (nSPS) is 11.5. The first-order valence-corrected chi connectivity index (χ1v) is 7.19. The molecule has 0 N–H and O–H groups in total. The molecule has 1 atom stereocenters. The van der Waals surface area contributed by atoms with E-state index in [1.165, 1.54) is 51.5 Å². The van der Waals surface area contributed by atoms with E-state index in [1.54, 1.807) is 12.1 Å². The molecule has 0 amide bonds. The molecule has 0 unspecified atom stereocenters. The molecule has 0 aliphatic carbocycles. The second kappa shape index (κ2) is 7.59. The molecule has 0 saturated heterocycles. The minimum absolute atomic E-state index is 0.149. The molecular formula is C18H17FO5. The van der Waals surface area contributed by atoms with Crippen LogP contribution >= 0.6 is 0 Å². The van der Waals surface area contributed by atoms with E-state index in [1.807, 2.05) is 0 Å². The Labute approximate surface area is 139 Å². The largest absolute Gasteiger partial charge is 0.493 e. The van der Waals surface area contributed by atoms with Gasteiger partial charge in [0.05, 0.1) is 14.2 Å². The Morgan fingerprint density at radius 2 is 1.67 bits per heavy atom. The summed E-state index contributed by atoms with van der Waals surface area (Å²) in [5, 5.41) is 0. The monoisotopic (exact) mass is 332 g/mol. The van der Waals surface area contributed by atoms with E-state index in [9.17, 15) is 14.0 Å². The predicted octanol–water partition coefficient (Wildman–Crippen LogP) is 3.27. The lowest BCUT2D eigenvalue weighted by Crippen LogP contribution is -2.24. The molecule has 5 nitrogen and oxygen atoms in total. The molecule has 0 fully saturated rings. The molecule has 0 aliphatic rings. The van der Waals surface area contributed by atoms with Crippen LogP contribution in [0, 0.1) is 5.82 Å². The number of methoxy groups -OCH3 is 2. The van der Waals surface area contributed by atoms with Gasteiger partial charge >= 0.3 is 5.97 Å². The van der Waals surface area contributed by atoms with Gasteiger partial charge in [-0.05, 0) is 43.3 Å². The van der Waals surface area contributed by atoms with Crippen LogP contribution in [0.5, 0.6) is 11.5 Å². The van der Waals surface area contributed by atoms with E-state index >= 15 is 0 Å². The molecule has 0 aliphatic heterocycles. The Morgan fingerprint density at radius 3 is 2.25 bits per heavy atom. The van der Waals surface area contributed by atoms with Gasteiger partial charge in [0.2, 0.25) is 5.78 Å². The van der Waals surface area contributed by atoms with Gasteiger partial charge in [-0.2, -0.15) is 0 Å². The standard InChI is InChI=1S/C18H17FO5/c1-11(16(20)12-7-9-13(19)10-8-12)24-18(21)14-5-4-6-15(22-2)17(14)23-3/h4-11H,1-3H3/t11-/m0/s1. The highest BCUT2D eigenvalue weighted by Crippen LogP contribution is 2.31. The smallest absolute Gasteiger partial charge is 0.342 e. The maximum atomic E-state index is 12.9. The maximum Gasteiger partial charge on any atom is 0.342 e. The van der Waals surface area contributed by atoms with Gasteiger partial charge in [-0.15, -0.1) is 0 Å². The van der Waals surface area contributed by atoms with Crippen LogP contribution in [0.3, 0.4) is 0 Å². The fourth-order valence-corrected chi connectivity index (χ4v) is 2.17. The summed E-state index contributed by atoms with van der Waals surface area (Å²) in [5.74, 6) is -0.980. The lowest BCUT2D eigenvalue weighted by molar-refractivity contribution is 0.0315. The molecule has 0 saturated carbocycles. The van der Waals surface area contributed by atoms with Crippen molar-refractivity contribution in [3.05, 3.63) is 59.4 Å². The van der Waals surface area contributed by atoms with E-state index < -0.39 is 23.7 Å². The molecular weight excluding hydrogens is 315 g/mol. The molecule has 2 aromatic rings. The fraction of sp³-hybridized carbons (Fsp3) is 0.222. The third-order valence-corrected chi connectivity index (χ3v) is 3.40. The van der Waals surface area contributed by atoms with Gasteiger partial charge in [0.25, 0.3) is 0 Å². The zero-order chi connectivity index (χ0) is 17.7. The van der Waals surface area contributed by atoms with Crippen LogP contribution in [0.2, 0.25) is 0 Å². The number of halogens is 1. The summed E-state index contributed by atoms with van der Waals surface area (Å²) >= 11 is 0. The first-order chi connectivity index (χ1) is 11.5. The van der Waals surface area contributed by atoms with E-state index in [0.29, 0.717) is 5.75 Å². The summed E-state index contributed by atoms with van der Waals surface area (Å²) in [4.78, 5) is 24.6. The molecule has 2 aromatic carbocycles. The van der Waals surface area contributed by atoms with Crippen molar-refractivity contribution in [1.29, 1.82) is 0 Å². The van der Waals surface area contributed by atoms with E-state index in [0.717, 1.165) is 0 Å². The van der Waals surface area contributed by atoms with Crippen molar-refractivity contribution in [3.8, 4) is 11.5 Å². The summed E-state index contributed by atoms with van der Waals surface area (Å²) in [6.45, 7) is 1.45. The zero-order valence-electron chi connectivity index (χ0n) is 13.5. The second-order valence-corrected chi connectivity index (χ2v) is 4.96. The number of Topliss-reactive ketones (excluding diaryl/α,β-unsaturated/α-hetero) is 1. The fourth-order valence-electron chi connectivity index (χ4n) is 2.17. The van der Waals surface area contributed by atoms with Crippen LogP contribution in [0.4, 0.5) is 4.39 Å². The number of para-hydroxylation sites is 1. The molecule has 6 heteroatoms. The van der Waals surface area contributed by atoms with Crippen molar-refractivity contribution in [3.63, 3.8) is 0 Å². The minimum atomic E-state index is -1.03. The molecule has 0 radical (unpaired) electrons. The highest BCUT2D eigenvalue weighted by molar-refractivity contribution is 6.02. The topological polar surface area (TPSA) is 61.8 Å². The number of hydrogen-bond acceptors (Lipinski definition) is 5. The number of ether oxygens (including phenoxy) is 3. The van der Waals surface area contributed by atoms with Crippen molar-refractivity contribution < 1.29 is 28.2 Å². The average molecular weight is 332 g/mol. The number of hydrogen-bond donors (Lipinski definition) is 0. The third-order valence-electron chi connectivity index (χ3n) is 3.40. The van der Waals surface area contributed by atoms with Gasteiger partial charge in [-0.3, -0.25) is 4.79 Å². The number of benzene rings is 2. The van der Waals surface area contributed by atoms with Crippen molar-refractivity contribution in [2.45, 2.75) is 13.0 Å². The van der Waals surface area contributed by atoms with Gasteiger partial charge < -0.3 is 14.2 Å². The van der Waals surface area contributed by atoms with Crippen molar-refractivity contribution in [1.82, 2.24) is 0 Å². The highest BCUT2D eigenvalue weighted by Gasteiger charge is 2.23. The molecule has 0 spiro atoms. The maximum absolute atomic E-state index is 12.9. The van der Waals surface area contributed by atoms with E-state index in [4.69, 9.17) is 14.2 Å². The molecule has 126 valence electrons. The Bertz CT molecular complexity index is 740. The Hall–Kier alpha value is -2.89. The summed E-state index contributed by atoms with van der Waals surface area (Å²) in [6, 6.07) is 9.80. The molecule has 2 rings (SSSR count). The van der Waals surface area contributed by atoms with Gasteiger partial charge in [-0.1, -0.05) is 6.07 Å². The first kappa shape index (κ1) is 17.5. The van der Waals surface area contributed by atoms with Crippen LogP contribution < -0.4 is 9.47 Å². The van der Waals surface area contributed by atoms with Crippen molar-refractivity contribution >= 4 is 11.8 Å². The third kappa shape index (κ3) is 3.71.